The van der Waals surface area contributed by atoms with Crippen molar-refractivity contribution in [3.05, 3.63) is 64.8 Å². The Morgan fingerprint density at radius 1 is 1.18 bits per heavy atom. The standard InChI is InChI=1S/C23H21ClFN7S/c24-16-11-27-6-3-17(16)33-18-12-28-20-21(29-18)31-22(30-20)32-7-4-23(5-8-32)10-13-1-2-14(25)9-15(13)19(23)26/h1-3,6,9,11-12,19H,4-5,7-8,10,26H2,(H,28,29,30,31)/t19-/m1/s1. The Kier molecular flexibility index (Phi) is 5.01. The summed E-state index contributed by atoms with van der Waals surface area (Å²) in [5.41, 5.74) is 9.94. The lowest BCUT2D eigenvalue weighted by Gasteiger charge is -2.42. The highest BCUT2D eigenvalue weighted by Crippen LogP contribution is 2.51. The average molecular weight is 482 g/mol. The largest absolute Gasteiger partial charge is 0.342 e. The summed E-state index contributed by atoms with van der Waals surface area (Å²) < 4.78 is 13.7. The van der Waals surface area contributed by atoms with Gasteiger partial charge in [0.1, 0.15) is 10.8 Å². The minimum absolute atomic E-state index is 0.0250. The third-order valence-electron chi connectivity index (χ3n) is 6.83. The van der Waals surface area contributed by atoms with E-state index < -0.39 is 0 Å². The number of fused-ring (bicyclic) bond motifs is 2. The van der Waals surface area contributed by atoms with E-state index in [9.17, 15) is 4.39 Å². The van der Waals surface area contributed by atoms with Crippen molar-refractivity contribution < 1.29 is 4.39 Å². The molecule has 0 unspecified atom stereocenters. The summed E-state index contributed by atoms with van der Waals surface area (Å²) in [7, 11) is 0. The van der Waals surface area contributed by atoms with E-state index in [0.717, 1.165) is 53.8 Å². The zero-order chi connectivity index (χ0) is 22.6. The van der Waals surface area contributed by atoms with Gasteiger partial charge in [0.15, 0.2) is 11.3 Å². The Morgan fingerprint density at radius 2 is 2.03 bits per heavy atom. The van der Waals surface area contributed by atoms with Gasteiger partial charge in [0.05, 0.1) is 11.2 Å². The van der Waals surface area contributed by atoms with Crippen molar-refractivity contribution >= 4 is 40.6 Å². The number of benzene rings is 1. The second-order valence-electron chi connectivity index (χ2n) is 8.70. The summed E-state index contributed by atoms with van der Waals surface area (Å²) in [6.45, 7) is 1.64. The fraction of sp³-hybridized carbons (Fsp3) is 0.304. The molecule has 6 rings (SSSR count). The van der Waals surface area contributed by atoms with Gasteiger partial charge in [0, 0.05) is 36.4 Å². The molecule has 1 aliphatic heterocycles. The predicted octanol–water partition coefficient (Wildman–Crippen LogP) is 4.53. The lowest BCUT2D eigenvalue weighted by Crippen LogP contribution is -2.44. The fourth-order valence-electron chi connectivity index (χ4n) is 5.01. The van der Waals surface area contributed by atoms with Crippen LogP contribution in [-0.2, 0) is 6.42 Å². The number of rotatable bonds is 3. The quantitative estimate of drug-likeness (QED) is 0.443. The highest BCUT2D eigenvalue weighted by Gasteiger charge is 2.46. The number of aromatic nitrogens is 5. The molecular weight excluding hydrogens is 461 g/mol. The van der Waals surface area contributed by atoms with Crippen LogP contribution in [0.2, 0.25) is 5.02 Å². The zero-order valence-electron chi connectivity index (χ0n) is 17.6. The molecule has 2 aliphatic rings. The third-order valence-corrected chi connectivity index (χ3v) is 8.22. The van der Waals surface area contributed by atoms with Gasteiger partial charge in [-0.1, -0.05) is 29.4 Å². The highest BCUT2D eigenvalue weighted by molar-refractivity contribution is 7.99. The second kappa shape index (κ2) is 7.93. The van der Waals surface area contributed by atoms with Crippen molar-refractivity contribution in [1.29, 1.82) is 0 Å². The molecule has 0 bridgehead atoms. The molecule has 168 valence electrons. The molecule has 0 amide bonds. The van der Waals surface area contributed by atoms with Crippen LogP contribution >= 0.6 is 23.4 Å². The minimum atomic E-state index is -0.218. The van der Waals surface area contributed by atoms with Gasteiger partial charge in [0.2, 0.25) is 5.95 Å². The highest BCUT2D eigenvalue weighted by atomic mass is 35.5. The third kappa shape index (κ3) is 3.64. The number of imidazole rings is 1. The van der Waals surface area contributed by atoms with Crippen molar-refractivity contribution in [2.24, 2.45) is 11.1 Å². The molecule has 1 aromatic carbocycles. The van der Waals surface area contributed by atoms with E-state index in [0.29, 0.717) is 16.3 Å². The number of H-pyrrole nitrogens is 1. The van der Waals surface area contributed by atoms with Crippen LogP contribution < -0.4 is 10.6 Å². The van der Waals surface area contributed by atoms with Crippen LogP contribution in [0.5, 0.6) is 0 Å². The SMILES string of the molecule is N[C@@H]1c2cc(F)ccc2CC12CCN(c1nc3ncc(Sc4ccncc4Cl)nc3[nH]1)CC2. The molecule has 0 saturated carbocycles. The van der Waals surface area contributed by atoms with Gasteiger partial charge in [-0.25, -0.2) is 14.4 Å². The van der Waals surface area contributed by atoms with Crippen LogP contribution in [0.25, 0.3) is 11.3 Å². The van der Waals surface area contributed by atoms with Gasteiger partial charge in [-0.05, 0) is 54.0 Å². The molecule has 33 heavy (non-hydrogen) atoms. The van der Waals surface area contributed by atoms with Crippen molar-refractivity contribution in [2.75, 3.05) is 18.0 Å². The topological polar surface area (TPSA) is 96.6 Å². The monoisotopic (exact) mass is 481 g/mol. The van der Waals surface area contributed by atoms with E-state index in [-0.39, 0.29) is 17.3 Å². The number of anilines is 1. The fourth-order valence-corrected chi connectivity index (χ4v) is 5.99. The Labute approximate surface area is 199 Å². The van der Waals surface area contributed by atoms with Crippen LogP contribution in [0.3, 0.4) is 0 Å². The van der Waals surface area contributed by atoms with E-state index in [1.807, 2.05) is 12.1 Å². The number of nitrogens with zero attached hydrogens (tertiary/aromatic N) is 5. The van der Waals surface area contributed by atoms with Crippen LogP contribution in [-0.4, -0.2) is 38.0 Å². The van der Waals surface area contributed by atoms with Gasteiger partial charge in [-0.2, -0.15) is 4.98 Å². The summed E-state index contributed by atoms with van der Waals surface area (Å²) >= 11 is 7.65. The van der Waals surface area contributed by atoms with E-state index >= 15 is 0 Å². The number of halogens is 2. The maximum absolute atomic E-state index is 13.7. The summed E-state index contributed by atoms with van der Waals surface area (Å²) in [4.78, 5) is 24.2. The number of pyridine rings is 1. The van der Waals surface area contributed by atoms with Gasteiger partial charge in [-0.15, -0.1) is 0 Å². The molecule has 7 nitrogen and oxygen atoms in total. The summed E-state index contributed by atoms with van der Waals surface area (Å²) in [6.07, 6.45) is 7.75. The number of nitrogens with two attached hydrogens (primary N) is 1. The average Bonchev–Trinajstić information content (AvgIpc) is 3.35. The molecule has 0 radical (unpaired) electrons. The number of nitrogens with one attached hydrogen (secondary N) is 1. The normalized spacial score (nSPS) is 19.4. The lowest BCUT2D eigenvalue weighted by molar-refractivity contribution is 0.187. The molecular formula is C23H21ClFN7S. The van der Waals surface area contributed by atoms with Gasteiger partial charge in [-0.3, -0.25) is 4.98 Å². The van der Waals surface area contributed by atoms with Crippen LogP contribution in [0.15, 0.2) is 52.8 Å². The summed E-state index contributed by atoms with van der Waals surface area (Å²) in [5, 5.41) is 1.30. The molecule has 1 saturated heterocycles. The first kappa shape index (κ1) is 20.8. The first-order chi connectivity index (χ1) is 16.0. The predicted molar refractivity (Wildman–Crippen MR) is 126 cm³/mol. The van der Waals surface area contributed by atoms with Gasteiger partial charge in [0.25, 0.3) is 0 Å². The van der Waals surface area contributed by atoms with Crippen molar-refractivity contribution in [2.45, 2.75) is 35.2 Å². The molecule has 1 fully saturated rings. The molecule has 1 aliphatic carbocycles. The molecule has 1 atom stereocenters. The number of hydrogen-bond acceptors (Lipinski definition) is 7. The van der Waals surface area contributed by atoms with Crippen molar-refractivity contribution in [1.82, 2.24) is 24.9 Å². The minimum Gasteiger partial charge on any atom is -0.342 e. The van der Waals surface area contributed by atoms with Crippen LogP contribution in [0.4, 0.5) is 10.3 Å². The zero-order valence-corrected chi connectivity index (χ0v) is 19.2. The summed E-state index contributed by atoms with van der Waals surface area (Å²) in [5.74, 6) is 0.545. The molecule has 3 N–H and O–H groups in total. The molecule has 10 heteroatoms. The van der Waals surface area contributed by atoms with Gasteiger partial charge >= 0.3 is 0 Å². The van der Waals surface area contributed by atoms with E-state index in [2.05, 4.69) is 29.8 Å². The van der Waals surface area contributed by atoms with E-state index in [1.165, 1.54) is 23.4 Å². The first-order valence-corrected chi connectivity index (χ1v) is 12.0. The Balaban J connectivity index is 1.19. The van der Waals surface area contributed by atoms with Gasteiger partial charge < -0.3 is 15.6 Å². The van der Waals surface area contributed by atoms with E-state index in [1.54, 1.807) is 24.7 Å². The maximum atomic E-state index is 13.7. The first-order valence-electron chi connectivity index (χ1n) is 10.8. The number of piperidine rings is 1. The molecule has 3 aromatic heterocycles. The van der Waals surface area contributed by atoms with Crippen LogP contribution in [0, 0.1) is 11.2 Å². The molecule has 4 aromatic rings. The Morgan fingerprint density at radius 3 is 2.85 bits per heavy atom. The van der Waals surface area contributed by atoms with Crippen molar-refractivity contribution in [3.63, 3.8) is 0 Å². The maximum Gasteiger partial charge on any atom is 0.206 e. The summed E-state index contributed by atoms with van der Waals surface area (Å²) in [6, 6.07) is 6.73. The van der Waals surface area contributed by atoms with Crippen molar-refractivity contribution in [3.8, 4) is 0 Å². The Bertz CT molecular complexity index is 1350. The lowest BCUT2D eigenvalue weighted by atomic mass is 9.73. The van der Waals surface area contributed by atoms with Crippen LogP contribution in [0.1, 0.15) is 30.0 Å². The number of aromatic amines is 1. The molecule has 4 heterocycles. The Hall–Kier alpha value is -2.75. The second-order valence-corrected chi connectivity index (χ2v) is 10.2. The van der Waals surface area contributed by atoms with E-state index in [4.69, 9.17) is 17.3 Å². The number of hydrogen-bond donors (Lipinski definition) is 2. The molecule has 1 spiro atoms. The smallest absolute Gasteiger partial charge is 0.206 e.